The van der Waals surface area contributed by atoms with E-state index in [2.05, 4.69) is 10.3 Å². The summed E-state index contributed by atoms with van der Waals surface area (Å²) in [5.41, 5.74) is 1.72. The van der Waals surface area contributed by atoms with Gasteiger partial charge in [0.25, 0.3) is 5.91 Å². The molecule has 2 aliphatic heterocycles. The molecule has 1 aromatic rings. The van der Waals surface area contributed by atoms with Crippen molar-refractivity contribution in [2.75, 3.05) is 13.2 Å². The van der Waals surface area contributed by atoms with Crippen LogP contribution >= 0.6 is 0 Å². The fourth-order valence-corrected chi connectivity index (χ4v) is 2.60. The van der Waals surface area contributed by atoms with Crippen LogP contribution in [0.15, 0.2) is 36.4 Å². The first-order valence-corrected chi connectivity index (χ1v) is 6.97. The van der Waals surface area contributed by atoms with Crippen LogP contribution in [0, 0.1) is 0 Å². The summed E-state index contributed by atoms with van der Waals surface area (Å²) in [5, 5.41) is 3.06. The summed E-state index contributed by atoms with van der Waals surface area (Å²) in [6, 6.07) is 3.85. The fourth-order valence-electron chi connectivity index (χ4n) is 2.60. The van der Waals surface area contributed by atoms with Gasteiger partial charge in [-0.1, -0.05) is 6.07 Å². The zero-order chi connectivity index (χ0) is 13.8. The van der Waals surface area contributed by atoms with Crippen molar-refractivity contribution in [3.05, 3.63) is 41.9 Å². The Hall–Kier alpha value is -1.88. The number of nitrogens with one attached hydrogen (secondary N) is 1. The molecule has 0 bridgehead atoms. The Morgan fingerprint density at radius 1 is 1.40 bits per heavy atom. The molecule has 20 heavy (non-hydrogen) atoms. The van der Waals surface area contributed by atoms with Gasteiger partial charge in [0.2, 0.25) is 0 Å². The molecule has 0 radical (unpaired) electrons. The lowest BCUT2D eigenvalue weighted by Crippen LogP contribution is -2.38. The second-order valence-corrected chi connectivity index (χ2v) is 5.06. The Balaban J connectivity index is 1.67. The van der Waals surface area contributed by atoms with Gasteiger partial charge >= 0.3 is 0 Å². The number of carbonyl (C=O) groups is 1. The third-order valence-electron chi connectivity index (χ3n) is 3.65. The largest absolute Gasteiger partial charge is 0.501 e. The number of hydrogen-bond donors (Lipinski definition) is 1. The van der Waals surface area contributed by atoms with Crippen molar-refractivity contribution >= 4 is 5.91 Å². The molecular weight excluding hydrogens is 256 g/mol. The molecule has 0 spiro atoms. The van der Waals surface area contributed by atoms with Gasteiger partial charge in [-0.25, -0.2) is 0 Å². The SMILES string of the molecule is O=C(N[C@H]1CCO[C@@H]1c1cccnc1)C1=COCCC1. The van der Waals surface area contributed by atoms with Gasteiger partial charge in [-0.2, -0.15) is 0 Å². The van der Waals surface area contributed by atoms with Crippen LogP contribution in [0.5, 0.6) is 0 Å². The highest BCUT2D eigenvalue weighted by atomic mass is 16.5. The Kier molecular flexibility index (Phi) is 3.97. The summed E-state index contributed by atoms with van der Waals surface area (Å²) in [5.74, 6) is -0.0471. The van der Waals surface area contributed by atoms with E-state index >= 15 is 0 Å². The number of nitrogens with zero attached hydrogens (tertiary/aromatic N) is 1. The third kappa shape index (κ3) is 2.82. The zero-order valence-corrected chi connectivity index (χ0v) is 11.2. The first-order chi connectivity index (χ1) is 9.84. The van der Waals surface area contributed by atoms with E-state index in [-0.39, 0.29) is 18.1 Å². The molecule has 5 heteroatoms. The maximum absolute atomic E-state index is 12.2. The molecule has 3 rings (SSSR count). The van der Waals surface area contributed by atoms with E-state index in [9.17, 15) is 4.79 Å². The number of rotatable bonds is 3. The van der Waals surface area contributed by atoms with Crippen LogP contribution in [0.25, 0.3) is 0 Å². The van der Waals surface area contributed by atoms with Gasteiger partial charge in [-0.3, -0.25) is 9.78 Å². The summed E-state index contributed by atoms with van der Waals surface area (Å²) < 4.78 is 10.9. The summed E-state index contributed by atoms with van der Waals surface area (Å²) in [7, 11) is 0. The second-order valence-electron chi connectivity index (χ2n) is 5.06. The molecule has 1 aromatic heterocycles. The van der Waals surface area contributed by atoms with E-state index in [0.717, 1.165) is 24.8 Å². The van der Waals surface area contributed by atoms with Crippen LogP contribution in [0.4, 0.5) is 0 Å². The Morgan fingerprint density at radius 3 is 3.10 bits per heavy atom. The molecule has 0 saturated carbocycles. The quantitative estimate of drug-likeness (QED) is 0.911. The van der Waals surface area contributed by atoms with E-state index in [4.69, 9.17) is 9.47 Å². The lowest BCUT2D eigenvalue weighted by molar-refractivity contribution is -0.119. The van der Waals surface area contributed by atoms with Gasteiger partial charge in [0.1, 0.15) is 6.10 Å². The van der Waals surface area contributed by atoms with Crippen LogP contribution in [0.3, 0.4) is 0 Å². The smallest absolute Gasteiger partial charge is 0.250 e. The van der Waals surface area contributed by atoms with Crippen LogP contribution in [-0.2, 0) is 14.3 Å². The van der Waals surface area contributed by atoms with Crippen molar-refractivity contribution in [3.63, 3.8) is 0 Å². The Bertz CT molecular complexity index is 501. The summed E-state index contributed by atoms with van der Waals surface area (Å²) in [6.45, 7) is 1.35. The zero-order valence-electron chi connectivity index (χ0n) is 11.2. The van der Waals surface area contributed by atoms with Crippen molar-refractivity contribution < 1.29 is 14.3 Å². The molecule has 1 N–H and O–H groups in total. The minimum absolute atomic E-state index is 0.00507. The highest BCUT2D eigenvalue weighted by Gasteiger charge is 2.31. The first-order valence-electron chi connectivity index (χ1n) is 6.97. The van der Waals surface area contributed by atoms with Crippen molar-refractivity contribution in [2.45, 2.75) is 31.4 Å². The predicted molar refractivity (Wildman–Crippen MR) is 72.7 cm³/mol. The molecule has 2 aliphatic rings. The molecular formula is C15H18N2O3. The normalized spacial score (nSPS) is 25.7. The Morgan fingerprint density at radius 2 is 2.35 bits per heavy atom. The van der Waals surface area contributed by atoms with Crippen LogP contribution in [0.1, 0.15) is 30.9 Å². The lowest BCUT2D eigenvalue weighted by Gasteiger charge is -2.21. The number of hydrogen-bond acceptors (Lipinski definition) is 4. The average Bonchev–Trinajstić information content (AvgIpc) is 2.97. The van der Waals surface area contributed by atoms with Gasteiger partial charge in [0.15, 0.2) is 0 Å². The topological polar surface area (TPSA) is 60.5 Å². The molecule has 0 aromatic carbocycles. The van der Waals surface area contributed by atoms with Crippen molar-refractivity contribution in [2.24, 2.45) is 0 Å². The van der Waals surface area contributed by atoms with Gasteiger partial charge in [-0.15, -0.1) is 0 Å². The molecule has 1 saturated heterocycles. The standard InChI is InChI=1S/C15H18N2O3/c18-15(12-4-2-7-19-10-12)17-13-5-8-20-14(13)11-3-1-6-16-9-11/h1,3,6,9-10,13-14H,2,4-5,7-8H2,(H,17,18)/t13-,14+/m0/s1. The van der Waals surface area contributed by atoms with Gasteiger partial charge in [-0.05, 0) is 25.3 Å². The van der Waals surface area contributed by atoms with Crippen LogP contribution in [-0.4, -0.2) is 30.1 Å². The molecule has 0 unspecified atom stereocenters. The van der Waals surface area contributed by atoms with Crippen molar-refractivity contribution in [1.29, 1.82) is 0 Å². The number of amides is 1. The minimum Gasteiger partial charge on any atom is -0.501 e. The number of pyridine rings is 1. The van der Waals surface area contributed by atoms with Crippen LogP contribution < -0.4 is 5.32 Å². The maximum atomic E-state index is 12.2. The third-order valence-corrected chi connectivity index (χ3v) is 3.65. The van der Waals surface area contributed by atoms with Gasteiger partial charge in [0, 0.05) is 24.6 Å². The minimum atomic E-state index is -0.113. The van der Waals surface area contributed by atoms with E-state index in [1.807, 2.05) is 12.1 Å². The van der Waals surface area contributed by atoms with Crippen molar-refractivity contribution in [1.82, 2.24) is 10.3 Å². The van der Waals surface area contributed by atoms with E-state index in [1.54, 1.807) is 18.7 Å². The fraction of sp³-hybridized carbons (Fsp3) is 0.467. The monoisotopic (exact) mass is 274 g/mol. The molecule has 106 valence electrons. The Labute approximate surface area is 118 Å². The van der Waals surface area contributed by atoms with Gasteiger partial charge in [0.05, 0.1) is 24.5 Å². The second kappa shape index (κ2) is 6.05. The predicted octanol–water partition coefficient (Wildman–Crippen LogP) is 1.72. The summed E-state index contributed by atoms with van der Waals surface area (Å²) >= 11 is 0. The van der Waals surface area contributed by atoms with E-state index in [0.29, 0.717) is 18.8 Å². The number of aromatic nitrogens is 1. The molecule has 2 atom stereocenters. The molecule has 1 amide bonds. The number of ether oxygens (including phenoxy) is 2. The lowest BCUT2D eigenvalue weighted by atomic mass is 10.0. The average molecular weight is 274 g/mol. The first kappa shape index (κ1) is 13.1. The highest BCUT2D eigenvalue weighted by molar-refractivity contribution is 5.93. The maximum Gasteiger partial charge on any atom is 0.250 e. The van der Waals surface area contributed by atoms with E-state index in [1.165, 1.54) is 0 Å². The van der Waals surface area contributed by atoms with Crippen molar-refractivity contribution in [3.8, 4) is 0 Å². The summed E-state index contributed by atoms with van der Waals surface area (Å²) in [4.78, 5) is 16.3. The molecule has 1 fully saturated rings. The van der Waals surface area contributed by atoms with E-state index < -0.39 is 0 Å². The molecule has 0 aliphatic carbocycles. The molecule has 3 heterocycles. The number of carbonyl (C=O) groups excluding carboxylic acids is 1. The molecule has 5 nitrogen and oxygen atoms in total. The summed E-state index contributed by atoms with van der Waals surface area (Å²) in [6.07, 6.45) is 7.48. The van der Waals surface area contributed by atoms with Crippen LogP contribution in [0.2, 0.25) is 0 Å². The highest BCUT2D eigenvalue weighted by Crippen LogP contribution is 2.29. The van der Waals surface area contributed by atoms with Gasteiger partial charge < -0.3 is 14.8 Å².